The van der Waals surface area contributed by atoms with E-state index in [1.54, 1.807) is 7.11 Å². The average Bonchev–Trinajstić information content (AvgIpc) is 2.79. The van der Waals surface area contributed by atoms with Gasteiger partial charge in [-0.15, -0.1) is 0 Å². The molecular weight excluding hydrogens is 238 g/mol. The number of methoxy groups -OCH3 is 1. The molecule has 1 aromatic rings. The lowest BCUT2D eigenvalue weighted by molar-refractivity contribution is 0.0889. The van der Waals surface area contributed by atoms with E-state index in [9.17, 15) is 4.79 Å². The highest BCUT2D eigenvalue weighted by atomic mass is 16.5. The number of hydrogen-bond acceptors (Lipinski definition) is 3. The number of ether oxygens (including phenoxy) is 1. The molecule has 104 valence electrons. The first-order valence-corrected chi connectivity index (χ1v) is 7.08. The van der Waals surface area contributed by atoms with Crippen LogP contribution in [0.3, 0.4) is 0 Å². The minimum absolute atomic E-state index is 0.204. The molecule has 2 atom stereocenters. The molecule has 0 aromatic heterocycles. The molecule has 0 amide bonds. The Bertz CT molecular complexity index is 427. The Labute approximate surface area is 115 Å². The molecule has 1 aliphatic heterocycles. The summed E-state index contributed by atoms with van der Waals surface area (Å²) < 4.78 is 5.11. The Balaban J connectivity index is 2.03. The number of Topliss-reactive ketones (excluding diaryl/α,β-unsaturated/α-hetero) is 1. The van der Waals surface area contributed by atoms with Crippen molar-refractivity contribution in [2.24, 2.45) is 0 Å². The lowest BCUT2D eigenvalue weighted by atomic mass is 10.1. The highest BCUT2D eigenvalue weighted by Crippen LogP contribution is 2.26. The molecule has 2 rings (SSSR count). The van der Waals surface area contributed by atoms with Crippen molar-refractivity contribution in [3.05, 3.63) is 29.8 Å². The average molecular weight is 261 g/mol. The van der Waals surface area contributed by atoms with Crippen molar-refractivity contribution in [1.82, 2.24) is 4.90 Å². The van der Waals surface area contributed by atoms with Gasteiger partial charge in [0.2, 0.25) is 0 Å². The predicted molar refractivity (Wildman–Crippen MR) is 76.8 cm³/mol. The van der Waals surface area contributed by atoms with Gasteiger partial charge in [-0.3, -0.25) is 9.69 Å². The topological polar surface area (TPSA) is 29.5 Å². The number of likely N-dealkylation sites (tertiary alicyclic amines) is 1. The smallest absolute Gasteiger partial charge is 0.176 e. The van der Waals surface area contributed by atoms with Crippen molar-refractivity contribution < 1.29 is 9.53 Å². The molecule has 0 radical (unpaired) electrons. The first-order chi connectivity index (χ1) is 9.15. The molecule has 1 aromatic carbocycles. The SMILES string of the molecule is CCC1CCC(C)N1CC(=O)c1ccc(OC)cc1. The zero-order valence-corrected chi connectivity index (χ0v) is 12.1. The molecule has 3 nitrogen and oxygen atoms in total. The van der Waals surface area contributed by atoms with Gasteiger partial charge in [0.1, 0.15) is 5.75 Å². The Morgan fingerprint density at radius 3 is 2.58 bits per heavy atom. The largest absolute Gasteiger partial charge is 0.497 e. The quantitative estimate of drug-likeness (QED) is 0.763. The van der Waals surface area contributed by atoms with Crippen LogP contribution < -0.4 is 4.74 Å². The molecule has 0 spiro atoms. The van der Waals surface area contributed by atoms with Crippen molar-refractivity contribution in [2.45, 2.75) is 45.2 Å². The molecular formula is C16H23NO2. The van der Waals surface area contributed by atoms with Crippen LogP contribution in [0.5, 0.6) is 5.75 Å². The number of nitrogens with zero attached hydrogens (tertiary/aromatic N) is 1. The molecule has 0 aliphatic carbocycles. The van der Waals surface area contributed by atoms with E-state index in [4.69, 9.17) is 4.74 Å². The van der Waals surface area contributed by atoms with Crippen LogP contribution in [-0.4, -0.2) is 36.4 Å². The second kappa shape index (κ2) is 6.20. The summed E-state index contributed by atoms with van der Waals surface area (Å²) in [6, 6.07) is 8.48. The van der Waals surface area contributed by atoms with E-state index in [1.165, 1.54) is 12.8 Å². The lowest BCUT2D eigenvalue weighted by Gasteiger charge is -2.26. The van der Waals surface area contributed by atoms with Crippen molar-refractivity contribution >= 4 is 5.78 Å². The number of benzene rings is 1. The van der Waals surface area contributed by atoms with Crippen LogP contribution in [0.1, 0.15) is 43.5 Å². The second-order valence-electron chi connectivity index (χ2n) is 5.31. The van der Waals surface area contributed by atoms with Gasteiger partial charge in [-0.2, -0.15) is 0 Å². The van der Waals surface area contributed by atoms with Crippen molar-refractivity contribution in [1.29, 1.82) is 0 Å². The third-order valence-corrected chi connectivity index (χ3v) is 4.16. The fourth-order valence-electron chi connectivity index (χ4n) is 2.88. The summed E-state index contributed by atoms with van der Waals surface area (Å²) in [5.74, 6) is 0.993. The van der Waals surface area contributed by atoms with Crippen LogP contribution >= 0.6 is 0 Å². The number of ketones is 1. The summed E-state index contributed by atoms with van der Waals surface area (Å²) in [5.41, 5.74) is 0.773. The summed E-state index contributed by atoms with van der Waals surface area (Å²) in [7, 11) is 1.63. The Morgan fingerprint density at radius 1 is 1.32 bits per heavy atom. The van der Waals surface area contributed by atoms with Crippen LogP contribution in [0.2, 0.25) is 0 Å². The fraction of sp³-hybridized carbons (Fsp3) is 0.562. The van der Waals surface area contributed by atoms with E-state index in [-0.39, 0.29) is 5.78 Å². The Morgan fingerprint density at radius 2 is 2.00 bits per heavy atom. The maximum absolute atomic E-state index is 12.3. The van der Waals surface area contributed by atoms with Gasteiger partial charge in [-0.1, -0.05) is 6.92 Å². The normalized spacial score (nSPS) is 23.5. The third-order valence-electron chi connectivity index (χ3n) is 4.16. The van der Waals surface area contributed by atoms with Crippen molar-refractivity contribution in [3.63, 3.8) is 0 Å². The number of rotatable bonds is 5. The number of hydrogen-bond donors (Lipinski definition) is 0. The summed E-state index contributed by atoms with van der Waals surface area (Å²) in [5, 5.41) is 0. The van der Waals surface area contributed by atoms with Crippen LogP contribution in [0, 0.1) is 0 Å². The van der Waals surface area contributed by atoms with Gasteiger partial charge in [-0.05, 0) is 50.5 Å². The third kappa shape index (κ3) is 3.16. The maximum Gasteiger partial charge on any atom is 0.176 e. The van der Waals surface area contributed by atoms with Crippen molar-refractivity contribution in [2.75, 3.05) is 13.7 Å². The second-order valence-corrected chi connectivity index (χ2v) is 5.31. The molecule has 1 heterocycles. The minimum atomic E-state index is 0.204. The molecule has 3 heteroatoms. The molecule has 0 bridgehead atoms. The highest BCUT2D eigenvalue weighted by molar-refractivity contribution is 5.97. The summed E-state index contributed by atoms with van der Waals surface area (Å²) in [6.07, 6.45) is 3.54. The molecule has 19 heavy (non-hydrogen) atoms. The van der Waals surface area contributed by atoms with E-state index < -0.39 is 0 Å². The zero-order valence-electron chi connectivity index (χ0n) is 12.1. The maximum atomic E-state index is 12.3. The fourth-order valence-corrected chi connectivity index (χ4v) is 2.88. The van der Waals surface area contributed by atoms with E-state index in [1.807, 2.05) is 24.3 Å². The van der Waals surface area contributed by atoms with Crippen molar-refractivity contribution in [3.8, 4) is 5.75 Å². The zero-order chi connectivity index (χ0) is 13.8. The van der Waals surface area contributed by atoms with E-state index in [2.05, 4.69) is 18.7 Å². The molecule has 0 saturated carbocycles. The van der Waals surface area contributed by atoms with Gasteiger partial charge >= 0.3 is 0 Å². The monoisotopic (exact) mass is 261 g/mol. The predicted octanol–water partition coefficient (Wildman–Crippen LogP) is 3.14. The molecule has 2 unspecified atom stereocenters. The summed E-state index contributed by atoms with van der Waals surface area (Å²) in [6.45, 7) is 4.95. The van der Waals surface area contributed by atoms with Crippen LogP contribution in [0.4, 0.5) is 0 Å². The van der Waals surface area contributed by atoms with E-state index in [0.29, 0.717) is 18.6 Å². The van der Waals surface area contributed by atoms with Gasteiger partial charge in [-0.25, -0.2) is 0 Å². The van der Waals surface area contributed by atoms with Crippen LogP contribution in [0.15, 0.2) is 24.3 Å². The van der Waals surface area contributed by atoms with Crippen LogP contribution in [0.25, 0.3) is 0 Å². The molecule has 1 aliphatic rings. The Hall–Kier alpha value is -1.35. The summed E-state index contributed by atoms with van der Waals surface area (Å²) in [4.78, 5) is 14.7. The van der Waals surface area contributed by atoms with E-state index in [0.717, 1.165) is 17.7 Å². The lowest BCUT2D eigenvalue weighted by Crippen LogP contribution is -2.38. The Kier molecular flexibility index (Phi) is 4.59. The molecule has 1 saturated heterocycles. The standard InChI is InChI=1S/C16H23NO2/c1-4-14-8-5-12(2)17(14)11-16(18)13-6-9-15(19-3)10-7-13/h6-7,9-10,12,14H,4-5,8,11H2,1-3H3. The van der Waals surface area contributed by atoms with Gasteiger partial charge in [0.15, 0.2) is 5.78 Å². The van der Waals surface area contributed by atoms with Gasteiger partial charge in [0.25, 0.3) is 0 Å². The number of carbonyl (C=O) groups excluding carboxylic acids is 1. The molecule has 1 fully saturated rings. The first kappa shape index (κ1) is 14.1. The van der Waals surface area contributed by atoms with E-state index >= 15 is 0 Å². The number of carbonyl (C=O) groups is 1. The van der Waals surface area contributed by atoms with Gasteiger partial charge in [0.05, 0.1) is 13.7 Å². The van der Waals surface area contributed by atoms with Crippen LogP contribution in [-0.2, 0) is 0 Å². The minimum Gasteiger partial charge on any atom is -0.497 e. The van der Waals surface area contributed by atoms with Gasteiger partial charge in [0, 0.05) is 17.6 Å². The highest BCUT2D eigenvalue weighted by Gasteiger charge is 2.30. The first-order valence-electron chi connectivity index (χ1n) is 7.08. The van der Waals surface area contributed by atoms with Gasteiger partial charge < -0.3 is 4.74 Å². The summed E-state index contributed by atoms with van der Waals surface area (Å²) >= 11 is 0. The molecule has 0 N–H and O–H groups in total.